The molecule has 0 spiro atoms. The van der Waals surface area contributed by atoms with Gasteiger partial charge in [-0.2, -0.15) is 0 Å². The Hall–Kier alpha value is -9.80. The molecule has 0 saturated heterocycles. The van der Waals surface area contributed by atoms with Gasteiger partial charge in [0, 0.05) is 64.7 Å². The predicted molar refractivity (Wildman–Crippen MR) is 345 cm³/mol. The van der Waals surface area contributed by atoms with E-state index in [1.807, 2.05) is 11.3 Å². The average Bonchev–Trinajstić information content (AvgIpc) is 4.04. The molecule has 0 saturated carbocycles. The van der Waals surface area contributed by atoms with Crippen LogP contribution >= 0.6 is 11.3 Å². The fourth-order valence-corrected chi connectivity index (χ4v) is 14.6. The number of benzene rings is 14. The van der Waals surface area contributed by atoms with Crippen molar-refractivity contribution < 1.29 is 0 Å². The van der Waals surface area contributed by atoms with E-state index in [1.54, 1.807) is 0 Å². The summed E-state index contributed by atoms with van der Waals surface area (Å²) in [5, 5.41) is 15.2. The Bertz CT molecular complexity index is 4950. The van der Waals surface area contributed by atoms with E-state index < -0.39 is 0 Å². The van der Waals surface area contributed by atoms with E-state index in [9.17, 15) is 0 Å². The van der Waals surface area contributed by atoms with Crippen LogP contribution in [0.1, 0.15) is 25.0 Å². The van der Waals surface area contributed by atoms with Crippen LogP contribution in [0.5, 0.6) is 0 Å². The smallest absolute Gasteiger partial charge is 0.0540 e. The van der Waals surface area contributed by atoms with Crippen LogP contribution in [0.25, 0.3) is 107 Å². The summed E-state index contributed by atoms with van der Waals surface area (Å²) in [6, 6.07) is 104. The molecular weight excluding hydrogens is 985 g/mol. The van der Waals surface area contributed by atoms with Crippen LogP contribution in [0.3, 0.4) is 0 Å². The molecule has 376 valence electrons. The lowest BCUT2D eigenvalue weighted by molar-refractivity contribution is 0.660. The number of para-hydroxylation sites is 1. The van der Waals surface area contributed by atoms with Gasteiger partial charge in [0.05, 0.1) is 11.4 Å². The van der Waals surface area contributed by atoms with Crippen molar-refractivity contribution in [3.63, 3.8) is 0 Å². The van der Waals surface area contributed by atoms with Crippen LogP contribution in [0.2, 0.25) is 0 Å². The summed E-state index contributed by atoms with van der Waals surface area (Å²) in [4.78, 5) is 4.93. The molecule has 2 nitrogen and oxygen atoms in total. The maximum atomic E-state index is 2.50. The molecule has 14 aromatic carbocycles. The lowest BCUT2D eigenvalue weighted by Crippen LogP contribution is -2.18. The van der Waals surface area contributed by atoms with Crippen molar-refractivity contribution in [1.82, 2.24) is 0 Å². The number of rotatable bonds is 8. The second kappa shape index (κ2) is 18.1. The summed E-state index contributed by atoms with van der Waals surface area (Å²) in [6.45, 7) is 4.81. The Morgan fingerprint density at radius 1 is 0.275 bits per heavy atom. The molecule has 0 bridgehead atoms. The van der Waals surface area contributed by atoms with Gasteiger partial charge in [0.25, 0.3) is 0 Å². The minimum absolute atomic E-state index is 0.312. The Morgan fingerprint density at radius 2 is 0.750 bits per heavy atom. The van der Waals surface area contributed by atoms with Crippen molar-refractivity contribution >= 4 is 119 Å². The molecule has 80 heavy (non-hydrogen) atoms. The van der Waals surface area contributed by atoms with Gasteiger partial charge in [-0.1, -0.05) is 220 Å². The zero-order valence-corrected chi connectivity index (χ0v) is 45.2. The molecule has 3 heteroatoms. The molecule has 0 unspecified atom stereocenters. The molecular formula is C77H52N2S. The number of fused-ring (bicyclic) bond motifs is 14. The molecule has 0 atom stereocenters. The minimum Gasteiger partial charge on any atom is -0.310 e. The van der Waals surface area contributed by atoms with Gasteiger partial charge in [0.1, 0.15) is 0 Å². The van der Waals surface area contributed by atoms with Crippen LogP contribution in [-0.4, -0.2) is 0 Å². The lowest BCUT2D eigenvalue weighted by atomic mass is 9.82. The lowest BCUT2D eigenvalue weighted by Gasteiger charge is -2.30. The number of hydrogen-bond acceptors (Lipinski definition) is 3. The van der Waals surface area contributed by atoms with Gasteiger partial charge < -0.3 is 9.80 Å². The Kier molecular flexibility index (Phi) is 10.5. The van der Waals surface area contributed by atoms with Crippen molar-refractivity contribution in [3.05, 3.63) is 290 Å². The van der Waals surface area contributed by atoms with Crippen LogP contribution in [0, 0.1) is 0 Å². The van der Waals surface area contributed by atoms with Crippen LogP contribution in [0.4, 0.5) is 34.1 Å². The zero-order valence-electron chi connectivity index (χ0n) is 44.4. The third-order valence-electron chi connectivity index (χ3n) is 17.2. The van der Waals surface area contributed by atoms with E-state index in [-0.39, 0.29) is 5.41 Å². The zero-order chi connectivity index (χ0) is 53.1. The summed E-state index contributed by atoms with van der Waals surface area (Å²) in [6.07, 6.45) is 0. The first-order chi connectivity index (χ1) is 39.4. The van der Waals surface area contributed by atoms with E-state index in [2.05, 4.69) is 303 Å². The molecule has 1 aliphatic rings. The van der Waals surface area contributed by atoms with Gasteiger partial charge in [-0.05, 0) is 155 Å². The van der Waals surface area contributed by atoms with Gasteiger partial charge >= 0.3 is 0 Å². The van der Waals surface area contributed by atoms with Gasteiger partial charge in [-0.15, -0.1) is 11.3 Å². The first-order valence-electron chi connectivity index (χ1n) is 27.7. The predicted octanol–water partition coefficient (Wildman–Crippen LogP) is 22.4. The molecule has 1 aromatic heterocycles. The Morgan fingerprint density at radius 3 is 1.44 bits per heavy atom. The van der Waals surface area contributed by atoms with E-state index >= 15 is 0 Å². The topological polar surface area (TPSA) is 6.48 Å². The standard InChI is InChI=1S/C77H52N2S/c1-77(2)71-47-54(78(52-20-4-3-5-21-52)73-32-16-19-50-18-6-7-22-56(50)73)39-42-64(71)65-43-40-55(48-72(65)77)79(74-45-44-62(60-26-12-13-28-66(60)74)68-30-17-31-69-67-29-14-15-33-75(67)80-76(68)69)53-37-34-49(35-38-53)51-36-41-63-59-25-9-8-23-57(59)58-24-10-11-27-61(58)70(63)46-51/h3-48H,1-2H3. The molecule has 0 amide bonds. The highest BCUT2D eigenvalue weighted by Gasteiger charge is 2.37. The normalized spacial score (nSPS) is 12.7. The van der Waals surface area contributed by atoms with Crippen LogP contribution in [-0.2, 0) is 5.41 Å². The maximum absolute atomic E-state index is 2.50. The van der Waals surface area contributed by atoms with Crippen molar-refractivity contribution in [1.29, 1.82) is 0 Å². The third kappa shape index (κ3) is 7.17. The molecule has 0 fully saturated rings. The average molecular weight is 1040 g/mol. The van der Waals surface area contributed by atoms with Crippen LogP contribution in [0.15, 0.2) is 279 Å². The van der Waals surface area contributed by atoms with E-state index in [4.69, 9.17) is 0 Å². The highest BCUT2D eigenvalue weighted by Crippen LogP contribution is 2.54. The van der Waals surface area contributed by atoms with Gasteiger partial charge in [-0.25, -0.2) is 0 Å². The quantitative estimate of drug-likeness (QED) is 0.140. The first kappa shape index (κ1) is 46.3. The molecule has 1 heterocycles. The Labute approximate surface area is 469 Å². The number of nitrogens with zero attached hydrogens (tertiary/aromatic N) is 2. The summed E-state index contributed by atoms with van der Waals surface area (Å²) < 4.78 is 2.63. The van der Waals surface area contributed by atoms with Crippen LogP contribution < -0.4 is 9.80 Å². The Balaban J connectivity index is 0.849. The summed E-state index contributed by atoms with van der Waals surface area (Å²) in [7, 11) is 0. The molecule has 0 N–H and O–H groups in total. The first-order valence-corrected chi connectivity index (χ1v) is 28.5. The highest BCUT2D eigenvalue weighted by atomic mass is 32.1. The summed E-state index contributed by atoms with van der Waals surface area (Å²) in [5.41, 5.74) is 16.5. The van der Waals surface area contributed by atoms with E-state index in [1.165, 1.54) is 119 Å². The highest BCUT2D eigenvalue weighted by molar-refractivity contribution is 7.26. The van der Waals surface area contributed by atoms with Gasteiger partial charge in [-0.3, -0.25) is 0 Å². The number of hydrogen-bond donors (Lipinski definition) is 0. The fourth-order valence-electron chi connectivity index (χ4n) is 13.4. The SMILES string of the molecule is CC1(C)c2cc(N(c3ccccc3)c3cccc4ccccc34)ccc2-c2ccc(N(c3ccc(-c4ccc5c6ccccc6c6ccccc6c5c4)cc3)c3ccc(-c4cccc5c4sc4ccccc45)c4ccccc34)cc21. The van der Waals surface area contributed by atoms with E-state index in [0.29, 0.717) is 0 Å². The maximum Gasteiger partial charge on any atom is 0.0540 e. The van der Waals surface area contributed by atoms with Crippen molar-refractivity contribution in [2.24, 2.45) is 0 Å². The monoisotopic (exact) mass is 1040 g/mol. The molecule has 16 rings (SSSR count). The van der Waals surface area contributed by atoms with Crippen molar-refractivity contribution in [2.45, 2.75) is 19.3 Å². The molecule has 1 aliphatic carbocycles. The number of anilines is 6. The summed E-state index contributed by atoms with van der Waals surface area (Å²) in [5.74, 6) is 0. The molecule has 0 aliphatic heterocycles. The number of thiophene rings is 1. The van der Waals surface area contributed by atoms with Gasteiger partial charge in [0.15, 0.2) is 0 Å². The second-order valence-corrected chi connectivity index (χ2v) is 23.0. The third-order valence-corrected chi connectivity index (χ3v) is 18.4. The van der Waals surface area contributed by atoms with Crippen molar-refractivity contribution in [3.8, 4) is 33.4 Å². The summed E-state index contributed by atoms with van der Waals surface area (Å²) >= 11 is 1.89. The van der Waals surface area contributed by atoms with Gasteiger partial charge in [0.2, 0.25) is 0 Å². The minimum atomic E-state index is -0.312. The molecule has 0 radical (unpaired) electrons. The molecule has 15 aromatic rings. The van der Waals surface area contributed by atoms with Crippen molar-refractivity contribution in [2.75, 3.05) is 9.80 Å². The van der Waals surface area contributed by atoms with E-state index in [0.717, 1.165) is 34.1 Å². The second-order valence-electron chi connectivity index (χ2n) is 21.9. The largest absolute Gasteiger partial charge is 0.310 e. The fraction of sp³-hybridized carbons (Fsp3) is 0.0390.